The lowest BCUT2D eigenvalue weighted by Gasteiger charge is -2.16. The average molecular weight is 364 g/mol. The molecule has 0 bridgehead atoms. The summed E-state index contributed by atoms with van der Waals surface area (Å²) in [5, 5.41) is 24.1. The van der Waals surface area contributed by atoms with Gasteiger partial charge in [-0.25, -0.2) is 0 Å². The van der Waals surface area contributed by atoms with Crippen molar-refractivity contribution in [1.29, 1.82) is 0 Å². The van der Waals surface area contributed by atoms with Gasteiger partial charge in [0, 0.05) is 48.3 Å². The van der Waals surface area contributed by atoms with E-state index < -0.39 is 0 Å². The maximum absolute atomic E-state index is 10.1. The Kier molecular flexibility index (Phi) is 4.01. The van der Waals surface area contributed by atoms with Crippen LogP contribution in [0.2, 0.25) is 0 Å². The molecular formula is C20H20N4O3. The number of hydrogen-bond acceptors (Lipinski definition) is 7. The van der Waals surface area contributed by atoms with Gasteiger partial charge >= 0.3 is 0 Å². The molecule has 0 aliphatic carbocycles. The normalized spacial score (nSPS) is 21.2. The van der Waals surface area contributed by atoms with Crippen molar-refractivity contribution >= 4 is 16.6 Å². The Morgan fingerprint density at radius 1 is 1.19 bits per heavy atom. The number of phenolic OH excluding ortho intramolecular Hbond substituents is 1. The van der Waals surface area contributed by atoms with Gasteiger partial charge in [-0.1, -0.05) is 6.07 Å². The Hall–Kier alpha value is -2.93. The topological polar surface area (TPSA) is 89.4 Å². The second-order valence-electron chi connectivity index (χ2n) is 6.94. The molecule has 0 saturated carbocycles. The van der Waals surface area contributed by atoms with Crippen molar-refractivity contribution in [1.82, 2.24) is 15.2 Å². The highest BCUT2D eigenvalue weighted by Crippen LogP contribution is 2.42. The minimum absolute atomic E-state index is 0.217. The second-order valence-corrected chi connectivity index (χ2v) is 6.94. The Bertz CT molecular complexity index is 988. The Labute approximate surface area is 156 Å². The molecule has 1 aromatic carbocycles. The molecule has 0 spiro atoms. The van der Waals surface area contributed by atoms with Crippen LogP contribution in [0, 0.1) is 0 Å². The van der Waals surface area contributed by atoms with Crippen LogP contribution in [0.3, 0.4) is 0 Å². The number of rotatable bonds is 4. The largest absolute Gasteiger partial charge is 0.508 e. The molecule has 1 saturated heterocycles. The molecule has 0 amide bonds. The molecule has 138 valence electrons. The van der Waals surface area contributed by atoms with Gasteiger partial charge in [-0.05, 0) is 31.0 Å². The number of pyridine rings is 1. The van der Waals surface area contributed by atoms with E-state index in [1.165, 1.54) is 0 Å². The Morgan fingerprint density at radius 2 is 2.15 bits per heavy atom. The number of nitrogens with zero attached hydrogens (tertiary/aromatic N) is 3. The number of benzene rings is 1. The van der Waals surface area contributed by atoms with Crippen LogP contribution in [-0.4, -0.2) is 39.5 Å². The number of anilines is 1. The smallest absolute Gasteiger partial charge is 0.158 e. The summed E-state index contributed by atoms with van der Waals surface area (Å²) in [4.78, 5) is 4.25. The standard InChI is InChI=1S/C20H20N4O3/c25-16-4-1-5-17-14(16)9-18(27-17)19-13-6-7-21-11-15(13)20(24-23-19)22-10-12-3-2-8-26-12/h1,4-7,11-12,18,25H,2-3,8-10H2,(H,22,24). The zero-order valence-corrected chi connectivity index (χ0v) is 14.8. The van der Waals surface area contributed by atoms with Gasteiger partial charge in [0.1, 0.15) is 23.3 Å². The number of aromatic nitrogens is 3. The summed E-state index contributed by atoms with van der Waals surface area (Å²) in [5.74, 6) is 1.66. The van der Waals surface area contributed by atoms with E-state index in [-0.39, 0.29) is 18.0 Å². The molecule has 2 N–H and O–H groups in total. The SMILES string of the molecule is Oc1cccc2c1CC(c1nnc(NCC3CCCO3)c3cnccc13)O2. The van der Waals surface area contributed by atoms with Crippen LogP contribution in [0.25, 0.3) is 10.8 Å². The van der Waals surface area contributed by atoms with E-state index >= 15 is 0 Å². The minimum atomic E-state index is -0.280. The van der Waals surface area contributed by atoms with Gasteiger partial charge in [-0.3, -0.25) is 4.98 Å². The van der Waals surface area contributed by atoms with E-state index in [1.807, 2.05) is 12.1 Å². The van der Waals surface area contributed by atoms with Crippen molar-refractivity contribution in [3.05, 3.63) is 47.9 Å². The maximum atomic E-state index is 10.1. The molecule has 2 aromatic heterocycles. The van der Waals surface area contributed by atoms with Gasteiger partial charge in [-0.15, -0.1) is 10.2 Å². The molecule has 7 heteroatoms. The number of nitrogens with one attached hydrogen (secondary N) is 1. The highest BCUT2D eigenvalue weighted by Gasteiger charge is 2.30. The lowest BCUT2D eigenvalue weighted by atomic mass is 10.0. The first-order valence-corrected chi connectivity index (χ1v) is 9.23. The van der Waals surface area contributed by atoms with Crippen LogP contribution in [0.1, 0.15) is 30.2 Å². The first kappa shape index (κ1) is 16.3. The summed E-state index contributed by atoms with van der Waals surface area (Å²) in [6, 6.07) is 7.26. The number of phenols is 1. The van der Waals surface area contributed by atoms with Crippen LogP contribution < -0.4 is 10.1 Å². The van der Waals surface area contributed by atoms with Gasteiger partial charge in [0.2, 0.25) is 0 Å². The third kappa shape index (κ3) is 2.94. The van der Waals surface area contributed by atoms with E-state index in [1.54, 1.807) is 24.5 Å². The van der Waals surface area contributed by atoms with Crippen LogP contribution in [0.5, 0.6) is 11.5 Å². The van der Waals surface area contributed by atoms with Gasteiger partial charge in [0.25, 0.3) is 0 Å². The van der Waals surface area contributed by atoms with Crippen molar-refractivity contribution in [3.63, 3.8) is 0 Å². The quantitative estimate of drug-likeness (QED) is 0.735. The second kappa shape index (κ2) is 6.66. The fourth-order valence-corrected chi connectivity index (χ4v) is 3.80. The Morgan fingerprint density at radius 3 is 3.00 bits per heavy atom. The summed E-state index contributed by atoms with van der Waals surface area (Å²) in [6.45, 7) is 1.53. The predicted molar refractivity (Wildman–Crippen MR) is 100.0 cm³/mol. The number of hydrogen-bond donors (Lipinski definition) is 2. The van der Waals surface area contributed by atoms with E-state index in [0.29, 0.717) is 24.5 Å². The summed E-state index contributed by atoms with van der Waals surface area (Å²) < 4.78 is 11.7. The third-order valence-corrected chi connectivity index (χ3v) is 5.20. The molecule has 7 nitrogen and oxygen atoms in total. The molecule has 2 aliphatic heterocycles. The number of fused-ring (bicyclic) bond motifs is 2. The third-order valence-electron chi connectivity index (χ3n) is 5.20. The van der Waals surface area contributed by atoms with E-state index in [2.05, 4.69) is 20.5 Å². The van der Waals surface area contributed by atoms with Crippen molar-refractivity contribution in [3.8, 4) is 11.5 Å². The van der Waals surface area contributed by atoms with Gasteiger partial charge < -0.3 is 19.9 Å². The molecule has 2 atom stereocenters. The first-order valence-electron chi connectivity index (χ1n) is 9.23. The average Bonchev–Trinajstić information content (AvgIpc) is 3.36. The molecule has 0 radical (unpaired) electrons. The highest BCUT2D eigenvalue weighted by atomic mass is 16.5. The lowest BCUT2D eigenvalue weighted by Crippen LogP contribution is -2.20. The molecule has 4 heterocycles. The van der Waals surface area contributed by atoms with Crippen molar-refractivity contribution in [2.24, 2.45) is 0 Å². The molecule has 1 fully saturated rings. The summed E-state index contributed by atoms with van der Waals surface area (Å²) in [5.41, 5.74) is 1.57. The molecule has 2 unspecified atom stereocenters. The fourth-order valence-electron chi connectivity index (χ4n) is 3.80. The molecule has 2 aliphatic rings. The van der Waals surface area contributed by atoms with E-state index in [9.17, 15) is 5.11 Å². The monoisotopic (exact) mass is 364 g/mol. The summed E-state index contributed by atoms with van der Waals surface area (Å²) in [6.07, 6.45) is 6.21. The molecule has 3 aromatic rings. The zero-order chi connectivity index (χ0) is 18.2. The Balaban J connectivity index is 1.46. The van der Waals surface area contributed by atoms with Crippen LogP contribution in [0.4, 0.5) is 5.82 Å². The van der Waals surface area contributed by atoms with Crippen LogP contribution in [-0.2, 0) is 11.2 Å². The number of ether oxygens (including phenoxy) is 2. The van der Waals surface area contributed by atoms with Gasteiger partial charge in [-0.2, -0.15) is 0 Å². The van der Waals surface area contributed by atoms with Gasteiger partial charge in [0.15, 0.2) is 5.82 Å². The van der Waals surface area contributed by atoms with E-state index in [0.717, 1.165) is 41.5 Å². The highest BCUT2D eigenvalue weighted by molar-refractivity contribution is 5.92. The lowest BCUT2D eigenvalue weighted by molar-refractivity contribution is 0.120. The van der Waals surface area contributed by atoms with Crippen LogP contribution >= 0.6 is 0 Å². The number of aromatic hydroxyl groups is 1. The van der Waals surface area contributed by atoms with Crippen molar-refractivity contribution in [2.75, 3.05) is 18.5 Å². The predicted octanol–water partition coefficient (Wildman–Crippen LogP) is 3.00. The van der Waals surface area contributed by atoms with E-state index in [4.69, 9.17) is 9.47 Å². The first-order chi connectivity index (χ1) is 13.3. The molecule has 5 rings (SSSR count). The maximum Gasteiger partial charge on any atom is 0.158 e. The minimum Gasteiger partial charge on any atom is -0.508 e. The zero-order valence-electron chi connectivity index (χ0n) is 14.8. The van der Waals surface area contributed by atoms with Crippen molar-refractivity contribution in [2.45, 2.75) is 31.5 Å². The van der Waals surface area contributed by atoms with Gasteiger partial charge in [0.05, 0.1) is 6.10 Å². The summed E-state index contributed by atoms with van der Waals surface area (Å²) in [7, 11) is 0. The van der Waals surface area contributed by atoms with Crippen LogP contribution in [0.15, 0.2) is 36.7 Å². The molecule has 27 heavy (non-hydrogen) atoms. The summed E-state index contributed by atoms with van der Waals surface area (Å²) >= 11 is 0. The van der Waals surface area contributed by atoms with Crippen molar-refractivity contribution < 1.29 is 14.6 Å². The molecular weight excluding hydrogens is 344 g/mol. The fraction of sp³-hybridized carbons (Fsp3) is 0.350.